The van der Waals surface area contributed by atoms with Crippen LogP contribution in [0.15, 0.2) is 48.5 Å². The summed E-state index contributed by atoms with van der Waals surface area (Å²) in [4.78, 5) is 12.3. The first kappa shape index (κ1) is 17.5. The number of halogens is 2. The Morgan fingerprint density at radius 1 is 1.12 bits per heavy atom. The van der Waals surface area contributed by atoms with Crippen molar-refractivity contribution in [3.8, 4) is 0 Å². The molecule has 0 aromatic heterocycles. The maximum absolute atomic E-state index is 13.8. The summed E-state index contributed by atoms with van der Waals surface area (Å²) < 4.78 is 38.8. The Hall–Kier alpha value is -2.31. The van der Waals surface area contributed by atoms with E-state index in [2.05, 4.69) is 5.32 Å². The normalized spacial score (nSPS) is 20.2. The van der Waals surface area contributed by atoms with Crippen molar-refractivity contribution < 1.29 is 23.0 Å². The third kappa shape index (κ3) is 4.41. The highest BCUT2D eigenvalue weighted by Gasteiger charge is 2.29. The fourth-order valence-corrected chi connectivity index (χ4v) is 2.77. The van der Waals surface area contributed by atoms with Gasteiger partial charge in [0.05, 0.1) is 19.3 Å². The van der Waals surface area contributed by atoms with E-state index in [0.717, 1.165) is 17.7 Å². The Balaban J connectivity index is 1.65. The molecule has 1 N–H and O–H groups in total. The minimum Gasteiger partial charge on any atom is -0.379 e. The number of carbonyl (C=O) groups is 1. The van der Waals surface area contributed by atoms with Crippen LogP contribution < -0.4 is 5.32 Å². The molecule has 1 aliphatic heterocycles. The molecule has 1 fully saturated rings. The molecule has 0 radical (unpaired) electrons. The highest BCUT2D eigenvalue weighted by Crippen LogP contribution is 2.17. The molecule has 0 unspecified atom stereocenters. The highest BCUT2D eigenvalue weighted by molar-refractivity contribution is 5.95. The van der Waals surface area contributed by atoms with Crippen LogP contribution in [0.2, 0.25) is 0 Å². The summed E-state index contributed by atoms with van der Waals surface area (Å²) in [7, 11) is 0. The van der Waals surface area contributed by atoms with Gasteiger partial charge in [-0.15, -0.1) is 0 Å². The monoisotopic (exact) mass is 347 g/mol. The topological polar surface area (TPSA) is 47.6 Å². The number of carbonyl (C=O) groups excluding carboxylic acids is 1. The van der Waals surface area contributed by atoms with Crippen LogP contribution in [-0.2, 0) is 16.1 Å². The zero-order valence-corrected chi connectivity index (χ0v) is 13.6. The van der Waals surface area contributed by atoms with Gasteiger partial charge in [0.1, 0.15) is 23.3 Å². The molecule has 0 saturated carbocycles. The van der Waals surface area contributed by atoms with Gasteiger partial charge in [-0.1, -0.05) is 36.4 Å². The molecule has 4 nitrogen and oxygen atoms in total. The van der Waals surface area contributed by atoms with Gasteiger partial charge in [-0.3, -0.25) is 4.79 Å². The molecule has 0 spiro atoms. The second-order valence-electron chi connectivity index (χ2n) is 5.88. The van der Waals surface area contributed by atoms with E-state index >= 15 is 0 Å². The van der Waals surface area contributed by atoms with Crippen LogP contribution in [0.1, 0.15) is 22.3 Å². The van der Waals surface area contributed by atoms with Gasteiger partial charge in [-0.05, 0) is 24.1 Å². The Bertz CT molecular complexity index is 704. The molecule has 1 amide bonds. The van der Waals surface area contributed by atoms with E-state index in [1.807, 2.05) is 30.3 Å². The van der Waals surface area contributed by atoms with Crippen LogP contribution in [0.3, 0.4) is 0 Å². The van der Waals surface area contributed by atoms with Crippen LogP contribution in [0.5, 0.6) is 0 Å². The van der Waals surface area contributed by atoms with E-state index < -0.39 is 23.1 Å². The Morgan fingerprint density at radius 2 is 1.84 bits per heavy atom. The van der Waals surface area contributed by atoms with E-state index in [4.69, 9.17) is 9.47 Å². The number of ether oxygens (including phenoxy) is 2. The Kier molecular flexibility index (Phi) is 5.73. The summed E-state index contributed by atoms with van der Waals surface area (Å²) in [5.41, 5.74) is 0.425. The Morgan fingerprint density at radius 3 is 2.56 bits per heavy atom. The predicted molar refractivity (Wildman–Crippen MR) is 88.1 cm³/mol. The number of rotatable bonds is 5. The molecule has 3 rings (SSSR count). The molecule has 2 atom stereocenters. The van der Waals surface area contributed by atoms with E-state index in [9.17, 15) is 13.6 Å². The minimum atomic E-state index is -0.883. The molecular weight excluding hydrogens is 328 g/mol. The fourth-order valence-electron chi connectivity index (χ4n) is 2.77. The fraction of sp³-hybridized carbons (Fsp3) is 0.316. The maximum Gasteiger partial charge on any atom is 0.257 e. The molecule has 6 heteroatoms. The maximum atomic E-state index is 13.8. The highest BCUT2D eigenvalue weighted by atomic mass is 19.1. The lowest BCUT2D eigenvalue weighted by atomic mass is 10.0. The third-order valence-electron chi connectivity index (χ3n) is 4.12. The van der Waals surface area contributed by atoms with Gasteiger partial charge in [0, 0.05) is 6.61 Å². The molecule has 1 saturated heterocycles. The van der Waals surface area contributed by atoms with E-state index in [1.54, 1.807) is 0 Å². The smallest absolute Gasteiger partial charge is 0.257 e. The first-order valence-electron chi connectivity index (χ1n) is 8.13. The van der Waals surface area contributed by atoms with Crippen molar-refractivity contribution in [2.24, 2.45) is 0 Å². The van der Waals surface area contributed by atoms with Crippen LogP contribution in [0.4, 0.5) is 8.78 Å². The molecule has 2 aromatic carbocycles. The van der Waals surface area contributed by atoms with Crippen molar-refractivity contribution in [1.82, 2.24) is 5.32 Å². The van der Waals surface area contributed by atoms with Crippen molar-refractivity contribution in [2.75, 3.05) is 13.2 Å². The van der Waals surface area contributed by atoms with Crippen LogP contribution in [0, 0.1) is 11.6 Å². The van der Waals surface area contributed by atoms with Crippen LogP contribution in [-0.4, -0.2) is 31.3 Å². The number of benzene rings is 2. The van der Waals surface area contributed by atoms with Crippen LogP contribution in [0.25, 0.3) is 0 Å². The summed E-state index contributed by atoms with van der Waals surface area (Å²) >= 11 is 0. The molecule has 132 valence electrons. The Labute approximate surface area is 144 Å². The molecule has 2 aromatic rings. The van der Waals surface area contributed by atoms with Gasteiger partial charge >= 0.3 is 0 Å². The molecule has 0 aliphatic carbocycles. The van der Waals surface area contributed by atoms with Crippen molar-refractivity contribution in [3.05, 3.63) is 71.3 Å². The second-order valence-corrected chi connectivity index (χ2v) is 5.88. The van der Waals surface area contributed by atoms with Crippen molar-refractivity contribution in [1.29, 1.82) is 0 Å². The molecular formula is C19H19F2NO3. The standard InChI is InChI=1S/C19H19F2NO3/c20-14-7-4-8-15(21)18(14)19(23)22-16-9-10-24-12-17(16)25-11-13-5-2-1-3-6-13/h1-8,16-17H,9-12H2,(H,22,23)/t16-,17-/m1/s1. The summed E-state index contributed by atoms with van der Waals surface area (Å²) in [5, 5.41) is 2.68. The minimum absolute atomic E-state index is 0.317. The SMILES string of the molecule is O=C(N[C@@H]1CCOC[C@H]1OCc1ccccc1)c1c(F)cccc1F. The van der Waals surface area contributed by atoms with Crippen molar-refractivity contribution in [3.63, 3.8) is 0 Å². The summed E-state index contributed by atoms with van der Waals surface area (Å²) in [6.45, 7) is 1.14. The quantitative estimate of drug-likeness (QED) is 0.904. The first-order valence-corrected chi connectivity index (χ1v) is 8.13. The van der Waals surface area contributed by atoms with E-state index in [1.165, 1.54) is 6.07 Å². The molecule has 1 aliphatic rings. The largest absolute Gasteiger partial charge is 0.379 e. The van der Waals surface area contributed by atoms with Gasteiger partial charge in [0.2, 0.25) is 0 Å². The lowest BCUT2D eigenvalue weighted by Gasteiger charge is -2.32. The average Bonchev–Trinajstić information content (AvgIpc) is 2.62. The van der Waals surface area contributed by atoms with Gasteiger partial charge in [0.25, 0.3) is 5.91 Å². The summed E-state index contributed by atoms with van der Waals surface area (Å²) in [6, 6.07) is 12.6. The van der Waals surface area contributed by atoms with Gasteiger partial charge < -0.3 is 14.8 Å². The second kappa shape index (κ2) is 8.18. The zero-order chi connectivity index (χ0) is 17.6. The molecule has 0 bridgehead atoms. The first-order chi connectivity index (χ1) is 12.1. The number of nitrogens with one attached hydrogen (secondary N) is 1. The zero-order valence-electron chi connectivity index (χ0n) is 13.6. The van der Waals surface area contributed by atoms with E-state index in [-0.39, 0.29) is 12.1 Å². The van der Waals surface area contributed by atoms with Gasteiger partial charge in [-0.25, -0.2) is 8.78 Å². The number of hydrogen-bond donors (Lipinski definition) is 1. The number of amides is 1. The molecule has 1 heterocycles. The average molecular weight is 347 g/mol. The van der Waals surface area contributed by atoms with Crippen molar-refractivity contribution in [2.45, 2.75) is 25.2 Å². The van der Waals surface area contributed by atoms with Gasteiger partial charge in [0.15, 0.2) is 0 Å². The van der Waals surface area contributed by atoms with Crippen LogP contribution >= 0.6 is 0 Å². The van der Waals surface area contributed by atoms with Crippen molar-refractivity contribution >= 4 is 5.91 Å². The van der Waals surface area contributed by atoms with E-state index in [0.29, 0.717) is 26.2 Å². The number of hydrogen-bond acceptors (Lipinski definition) is 3. The summed E-state index contributed by atoms with van der Waals surface area (Å²) in [5.74, 6) is -2.55. The predicted octanol–water partition coefficient (Wildman–Crippen LogP) is 3.07. The molecule has 25 heavy (non-hydrogen) atoms. The summed E-state index contributed by atoms with van der Waals surface area (Å²) in [6.07, 6.45) is 0.133. The lowest BCUT2D eigenvalue weighted by molar-refractivity contribution is -0.0736. The third-order valence-corrected chi connectivity index (χ3v) is 4.12. The lowest BCUT2D eigenvalue weighted by Crippen LogP contribution is -2.50. The van der Waals surface area contributed by atoms with Gasteiger partial charge in [-0.2, -0.15) is 0 Å².